The van der Waals surface area contributed by atoms with Crippen molar-refractivity contribution < 1.29 is 4.79 Å². The van der Waals surface area contributed by atoms with Gasteiger partial charge in [-0.1, -0.05) is 23.3 Å². The van der Waals surface area contributed by atoms with Crippen LogP contribution in [-0.2, 0) is 0 Å². The number of hydrogen-bond donors (Lipinski definition) is 0. The van der Waals surface area contributed by atoms with E-state index in [9.17, 15) is 4.79 Å². The number of carbonyl (C=O) groups is 1. The van der Waals surface area contributed by atoms with Gasteiger partial charge in [0.15, 0.2) is 5.78 Å². The van der Waals surface area contributed by atoms with Crippen LogP contribution in [0, 0.1) is 13.8 Å². The quantitative estimate of drug-likeness (QED) is 0.680. The summed E-state index contributed by atoms with van der Waals surface area (Å²) in [6.45, 7) is 4.08. The maximum Gasteiger partial charge on any atom is 0.188 e. The summed E-state index contributed by atoms with van der Waals surface area (Å²) >= 11 is 0. The molecule has 0 amide bonds. The fourth-order valence-corrected chi connectivity index (χ4v) is 2.34. The lowest BCUT2D eigenvalue weighted by Gasteiger charge is -2.12. The molecular weight excluding hydrogens is 196 g/mol. The highest BCUT2D eigenvalue weighted by Gasteiger charge is 2.14. The van der Waals surface area contributed by atoms with E-state index in [4.69, 9.17) is 0 Å². The van der Waals surface area contributed by atoms with Crippen LogP contribution in [0.25, 0.3) is 0 Å². The molecule has 1 heteroatoms. The van der Waals surface area contributed by atoms with Gasteiger partial charge in [0.05, 0.1) is 0 Å². The normalized spacial score (nSPS) is 15.8. The molecule has 0 unspecified atom stereocenters. The molecule has 0 spiro atoms. The highest BCUT2D eigenvalue weighted by Crippen LogP contribution is 2.22. The second-order valence-electron chi connectivity index (χ2n) is 4.68. The summed E-state index contributed by atoms with van der Waals surface area (Å²) in [7, 11) is 0. The Kier molecular flexibility index (Phi) is 3.23. The van der Waals surface area contributed by atoms with Crippen LogP contribution in [0.15, 0.2) is 29.8 Å². The van der Waals surface area contributed by atoms with Crippen molar-refractivity contribution in [3.05, 3.63) is 46.5 Å². The summed E-state index contributed by atoms with van der Waals surface area (Å²) in [4.78, 5) is 12.2. The average molecular weight is 214 g/mol. The van der Waals surface area contributed by atoms with Gasteiger partial charge in [0.25, 0.3) is 0 Å². The van der Waals surface area contributed by atoms with E-state index in [2.05, 4.69) is 12.1 Å². The molecule has 0 saturated carbocycles. The fourth-order valence-electron chi connectivity index (χ4n) is 2.34. The Labute approximate surface area is 97.2 Å². The number of benzene rings is 1. The van der Waals surface area contributed by atoms with Gasteiger partial charge in [-0.2, -0.15) is 0 Å². The van der Waals surface area contributed by atoms with Crippen LogP contribution in [0.4, 0.5) is 0 Å². The Bertz CT molecular complexity index is 420. The van der Waals surface area contributed by atoms with Gasteiger partial charge in [-0.25, -0.2) is 0 Å². The Balaban J connectivity index is 2.29. The largest absolute Gasteiger partial charge is 0.289 e. The minimum atomic E-state index is 0.228. The van der Waals surface area contributed by atoms with Crippen LogP contribution >= 0.6 is 0 Å². The first-order chi connectivity index (χ1) is 7.66. The van der Waals surface area contributed by atoms with Crippen LogP contribution < -0.4 is 0 Å². The molecule has 16 heavy (non-hydrogen) atoms. The van der Waals surface area contributed by atoms with Crippen molar-refractivity contribution in [2.75, 3.05) is 0 Å². The SMILES string of the molecule is Cc1cc(C)cc(C(=O)C2=CCCCC2)c1. The number of allylic oxidation sites excluding steroid dienone is 2. The first kappa shape index (κ1) is 11.1. The molecule has 1 aliphatic carbocycles. The predicted octanol–water partition coefficient (Wildman–Crippen LogP) is 3.99. The molecule has 0 bridgehead atoms. The molecule has 1 nitrogen and oxygen atoms in total. The van der Waals surface area contributed by atoms with Gasteiger partial charge in [0.2, 0.25) is 0 Å². The molecule has 0 N–H and O–H groups in total. The van der Waals surface area contributed by atoms with Crippen LogP contribution in [0.2, 0.25) is 0 Å². The summed E-state index contributed by atoms with van der Waals surface area (Å²) in [5.41, 5.74) is 4.20. The monoisotopic (exact) mass is 214 g/mol. The maximum atomic E-state index is 12.2. The van der Waals surface area contributed by atoms with E-state index in [1.165, 1.54) is 17.5 Å². The van der Waals surface area contributed by atoms with Crippen molar-refractivity contribution in [2.24, 2.45) is 0 Å². The minimum Gasteiger partial charge on any atom is -0.289 e. The summed E-state index contributed by atoms with van der Waals surface area (Å²) in [6.07, 6.45) is 6.51. The first-order valence-electron chi connectivity index (χ1n) is 5.99. The number of rotatable bonds is 2. The van der Waals surface area contributed by atoms with E-state index in [-0.39, 0.29) is 5.78 Å². The molecule has 0 radical (unpaired) electrons. The molecular formula is C15H18O. The van der Waals surface area contributed by atoms with E-state index >= 15 is 0 Å². The number of hydrogen-bond acceptors (Lipinski definition) is 1. The highest BCUT2D eigenvalue weighted by molar-refractivity contribution is 6.08. The minimum absolute atomic E-state index is 0.228. The molecule has 0 aliphatic heterocycles. The number of ketones is 1. The van der Waals surface area contributed by atoms with E-state index in [1.807, 2.05) is 26.0 Å². The standard InChI is InChI=1S/C15H18O/c1-11-8-12(2)10-14(9-11)15(16)13-6-4-3-5-7-13/h6,8-10H,3-5,7H2,1-2H3. The summed E-state index contributed by atoms with van der Waals surface area (Å²) in [5, 5.41) is 0. The number of aryl methyl sites for hydroxylation is 2. The lowest BCUT2D eigenvalue weighted by atomic mass is 9.92. The molecule has 0 heterocycles. The number of Topliss-reactive ketones (excluding diaryl/α,β-unsaturated/α-hetero) is 1. The first-order valence-corrected chi connectivity index (χ1v) is 5.99. The van der Waals surface area contributed by atoms with Gasteiger partial charge < -0.3 is 0 Å². The molecule has 0 atom stereocenters. The number of carbonyl (C=O) groups excluding carboxylic acids is 1. The zero-order valence-electron chi connectivity index (χ0n) is 10.0. The Morgan fingerprint density at radius 1 is 1.06 bits per heavy atom. The van der Waals surface area contributed by atoms with Crippen LogP contribution in [0.5, 0.6) is 0 Å². The van der Waals surface area contributed by atoms with E-state index in [0.29, 0.717) is 0 Å². The smallest absolute Gasteiger partial charge is 0.188 e. The van der Waals surface area contributed by atoms with Crippen LogP contribution in [-0.4, -0.2) is 5.78 Å². The van der Waals surface area contributed by atoms with E-state index in [0.717, 1.165) is 30.4 Å². The third kappa shape index (κ3) is 2.41. The molecule has 1 aliphatic rings. The van der Waals surface area contributed by atoms with Gasteiger partial charge in [-0.15, -0.1) is 0 Å². The third-order valence-electron chi connectivity index (χ3n) is 3.07. The van der Waals surface area contributed by atoms with Crippen molar-refractivity contribution in [2.45, 2.75) is 39.5 Å². The lowest BCUT2D eigenvalue weighted by Crippen LogP contribution is -2.07. The maximum absolute atomic E-state index is 12.2. The van der Waals surface area contributed by atoms with Gasteiger partial charge in [0, 0.05) is 5.56 Å². The lowest BCUT2D eigenvalue weighted by molar-refractivity contribution is 0.102. The molecule has 0 aromatic heterocycles. The average Bonchev–Trinajstić information content (AvgIpc) is 2.28. The Hall–Kier alpha value is -1.37. The second-order valence-corrected chi connectivity index (χ2v) is 4.68. The van der Waals surface area contributed by atoms with Gasteiger partial charge in [-0.3, -0.25) is 4.79 Å². The summed E-state index contributed by atoms with van der Waals surface area (Å²) < 4.78 is 0. The molecule has 0 fully saturated rings. The molecule has 1 aromatic carbocycles. The van der Waals surface area contributed by atoms with Crippen molar-refractivity contribution in [3.63, 3.8) is 0 Å². The second kappa shape index (κ2) is 4.65. The van der Waals surface area contributed by atoms with Crippen molar-refractivity contribution >= 4 is 5.78 Å². The van der Waals surface area contributed by atoms with Crippen LogP contribution in [0.3, 0.4) is 0 Å². The summed E-state index contributed by atoms with van der Waals surface area (Å²) in [6, 6.07) is 6.08. The molecule has 2 rings (SSSR count). The molecule has 0 saturated heterocycles. The summed E-state index contributed by atoms with van der Waals surface area (Å²) in [5.74, 6) is 0.228. The van der Waals surface area contributed by atoms with Crippen molar-refractivity contribution in [1.82, 2.24) is 0 Å². The molecule has 1 aromatic rings. The zero-order chi connectivity index (χ0) is 11.5. The third-order valence-corrected chi connectivity index (χ3v) is 3.07. The van der Waals surface area contributed by atoms with E-state index < -0.39 is 0 Å². The van der Waals surface area contributed by atoms with Gasteiger partial charge >= 0.3 is 0 Å². The van der Waals surface area contributed by atoms with Crippen molar-refractivity contribution in [1.29, 1.82) is 0 Å². The highest BCUT2D eigenvalue weighted by atomic mass is 16.1. The fraction of sp³-hybridized carbons (Fsp3) is 0.400. The topological polar surface area (TPSA) is 17.1 Å². The Morgan fingerprint density at radius 3 is 2.31 bits per heavy atom. The Morgan fingerprint density at radius 2 is 1.75 bits per heavy atom. The van der Waals surface area contributed by atoms with Gasteiger partial charge in [0.1, 0.15) is 0 Å². The van der Waals surface area contributed by atoms with Gasteiger partial charge in [-0.05, 0) is 57.2 Å². The van der Waals surface area contributed by atoms with Crippen molar-refractivity contribution in [3.8, 4) is 0 Å². The zero-order valence-corrected chi connectivity index (χ0v) is 10.0. The van der Waals surface area contributed by atoms with Crippen LogP contribution in [0.1, 0.15) is 47.2 Å². The molecule has 84 valence electrons. The van der Waals surface area contributed by atoms with E-state index in [1.54, 1.807) is 0 Å². The predicted molar refractivity (Wildman–Crippen MR) is 66.8 cm³/mol.